The molecule has 0 saturated carbocycles. The first-order valence-corrected chi connectivity index (χ1v) is 5.75. The van der Waals surface area contributed by atoms with Crippen LogP contribution >= 0.6 is 0 Å². The molecule has 0 atom stereocenters. The van der Waals surface area contributed by atoms with Crippen molar-refractivity contribution in [3.05, 3.63) is 57.9 Å². The van der Waals surface area contributed by atoms with Gasteiger partial charge in [-0.15, -0.1) is 0 Å². The monoisotopic (exact) mass is 283 g/mol. The number of benzene rings is 1. The molecule has 0 amide bonds. The molecule has 0 radical (unpaired) electrons. The molecule has 21 heavy (non-hydrogen) atoms. The zero-order chi connectivity index (χ0) is 15.4. The summed E-state index contributed by atoms with van der Waals surface area (Å²) in [6.45, 7) is 0. The molecule has 0 aliphatic heterocycles. The standard InChI is InChI=1S/C14H9N3O4/c15-8-11(10-1-3-16-4-2-10)5-9-6-12(17(20)21)14(19)13(18)7-9/h1-7,18-19H/b11-5+. The summed E-state index contributed by atoms with van der Waals surface area (Å²) in [5.74, 6) is -1.43. The highest BCUT2D eigenvalue weighted by Crippen LogP contribution is 2.37. The average molecular weight is 283 g/mol. The van der Waals surface area contributed by atoms with Crippen LogP contribution in [0.4, 0.5) is 5.69 Å². The molecule has 7 nitrogen and oxygen atoms in total. The zero-order valence-electron chi connectivity index (χ0n) is 10.6. The number of allylic oxidation sites excluding steroid dienone is 1. The van der Waals surface area contributed by atoms with Gasteiger partial charge in [0.15, 0.2) is 5.75 Å². The van der Waals surface area contributed by atoms with E-state index in [1.807, 2.05) is 6.07 Å². The fraction of sp³-hybridized carbons (Fsp3) is 0. The van der Waals surface area contributed by atoms with Gasteiger partial charge in [0.25, 0.3) is 0 Å². The summed E-state index contributed by atoms with van der Waals surface area (Å²) in [7, 11) is 0. The number of rotatable bonds is 3. The summed E-state index contributed by atoms with van der Waals surface area (Å²) in [5.41, 5.74) is 0.429. The van der Waals surface area contributed by atoms with E-state index in [0.29, 0.717) is 5.56 Å². The molecule has 7 heteroatoms. The number of nitro benzene ring substituents is 1. The lowest BCUT2D eigenvalue weighted by Crippen LogP contribution is -1.90. The Morgan fingerprint density at radius 3 is 2.57 bits per heavy atom. The van der Waals surface area contributed by atoms with Crippen molar-refractivity contribution in [3.8, 4) is 17.6 Å². The van der Waals surface area contributed by atoms with E-state index in [1.54, 1.807) is 12.1 Å². The fourth-order valence-electron chi connectivity index (χ4n) is 1.73. The molecular formula is C14H9N3O4. The van der Waals surface area contributed by atoms with Gasteiger partial charge < -0.3 is 10.2 Å². The highest BCUT2D eigenvalue weighted by Gasteiger charge is 2.18. The number of nitrogens with zero attached hydrogens (tertiary/aromatic N) is 3. The van der Waals surface area contributed by atoms with Crippen LogP contribution in [0.5, 0.6) is 11.5 Å². The maximum atomic E-state index is 10.8. The first kappa shape index (κ1) is 14.0. The second-order valence-electron chi connectivity index (χ2n) is 4.07. The summed E-state index contributed by atoms with van der Waals surface area (Å²) in [5, 5.41) is 38.9. The van der Waals surface area contributed by atoms with E-state index in [4.69, 9.17) is 5.26 Å². The summed E-state index contributed by atoms with van der Waals surface area (Å²) in [4.78, 5) is 13.8. The maximum Gasteiger partial charge on any atom is 0.315 e. The SMILES string of the molecule is N#C/C(=C\c1cc(O)c(O)c([N+](=O)[O-])c1)c1ccncc1. The number of aromatic nitrogens is 1. The van der Waals surface area contributed by atoms with Crippen LogP contribution in [0.1, 0.15) is 11.1 Å². The average Bonchev–Trinajstić information content (AvgIpc) is 2.48. The topological polar surface area (TPSA) is 120 Å². The van der Waals surface area contributed by atoms with Gasteiger partial charge in [-0.3, -0.25) is 15.1 Å². The predicted molar refractivity (Wildman–Crippen MR) is 74.1 cm³/mol. The summed E-state index contributed by atoms with van der Waals surface area (Å²) >= 11 is 0. The minimum atomic E-state index is -0.815. The van der Waals surface area contributed by atoms with Gasteiger partial charge in [0.2, 0.25) is 5.75 Å². The molecule has 1 aromatic carbocycles. The van der Waals surface area contributed by atoms with Gasteiger partial charge in [-0.25, -0.2) is 0 Å². The minimum absolute atomic E-state index is 0.227. The van der Waals surface area contributed by atoms with Crippen molar-refractivity contribution >= 4 is 17.3 Å². The van der Waals surface area contributed by atoms with Crippen LogP contribution < -0.4 is 0 Å². The molecule has 0 aliphatic carbocycles. The first-order chi connectivity index (χ1) is 10.0. The lowest BCUT2D eigenvalue weighted by Gasteiger charge is -2.03. The molecule has 2 rings (SSSR count). The smallest absolute Gasteiger partial charge is 0.315 e. The highest BCUT2D eigenvalue weighted by atomic mass is 16.6. The van der Waals surface area contributed by atoms with Gasteiger partial charge in [0, 0.05) is 18.5 Å². The minimum Gasteiger partial charge on any atom is -0.504 e. The number of phenolic OH excluding ortho intramolecular Hbond substituents is 2. The van der Waals surface area contributed by atoms with Crippen molar-refractivity contribution in [2.24, 2.45) is 0 Å². The molecule has 0 saturated heterocycles. The van der Waals surface area contributed by atoms with Gasteiger partial charge in [-0.1, -0.05) is 0 Å². The Balaban J connectivity index is 2.54. The van der Waals surface area contributed by atoms with E-state index in [9.17, 15) is 20.3 Å². The summed E-state index contributed by atoms with van der Waals surface area (Å²) in [6, 6.07) is 7.42. The summed E-state index contributed by atoms with van der Waals surface area (Å²) < 4.78 is 0. The number of pyridine rings is 1. The van der Waals surface area contributed by atoms with Gasteiger partial charge in [0.05, 0.1) is 16.6 Å². The number of nitro groups is 1. The molecule has 0 unspecified atom stereocenters. The second kappa shape index (κ2) is 5.71. The van der Waals surface area contributed by atoms with Gasteiger partial charge >= 0.3 is 5.69 Å². The fourth-order valence-corrected chi connectivity index (χ4v) is 1.73. The number of hydrogen-bond donors (Lipinski definition) is 2. The maximum absolute atomic E-state index is 10.8. The largest absolute Gasteiger partial charge is 0.504 e. The van der Waals surface area contributed by atoms with Crippen LogP contribution in [-0.2, 0) is 0 Å². The van der Waals surface area contributed by atoms with Crippen molar-refractivity contribution in [3.63, 3.8) is 0 Å². The lowest BCUT2D eigenvalue weighted by molar-refractivity contribution is -0.386. The Morgan fingerprint density at radius 1 is 1.33 bits per heavy atom. The molecule has 0 bridgehead atoms. The van der Waals surface area contributed by atoms with Crippen LogP contribution in [0, 0.1) is 21.4 Å². The Bertz CT molecular complexity index is 764. The van der Waals surface area contributed by atoms with E-state index in [-0.39, 0.29) is 11.1 Å². The molecule has 2 aromatic rings. The van der Waals surface area contributed by atoms with Gasteiger partial charge in [-0.05, 0) is 35.4 Å². The third kappa shape index (κ3) is 2.96. The molecule has 2 N–H and O–H groups in total. The second-order valence-corrected chi connectivity index (χ2v) is 4.07. The Labute approximate surface area is 119 Å². The van der Waals surface area contributed by atoms with Crippen molar-refractivity contribution < 1.29 is 15.1 Å². The summed E-state index contributed by atoms with van der Waals surface area (Å²) in [6.07, 6.45) is 4.40. The Hall–Kier alpha value is -3.40. The van der Waals surface area contributed by atoms with E-state index >= 15 is 0 Å². The normalized spacial score (nSPS) is 10.9. The zero-order valence-corrected chi connectivity index (χ0v) is 10.6. The third-order valence-electron chi connectivity index (χ3n) is 2.71. The van der Waals surface area contributed by atoms with E-state index in [1.165, 1.54) is 18.5 Å². The van der Waals surface area contributed by atoms with Gasteiger partial charge in [0.1, 0.15) is 0 Å². The Kier molecular flexibility index (Phi) is 3.81. The quantitative estimate of drug-likeness (QED) is 0.386. The Morgan fingerprint density at radius 2 is 2.00 bits per heavy atom. The van der Waals surface area contributed by atoms with Crippen LogP contribution in [0.2, 0.25) is 0 Å². The van der Waals surface area contributed by atoms with Crippen molar-refractivity contribution in [1.29, 1.82) is 5.26 Å². The number of aromatic hydroxyl groups is 2. The lowest BCUT2D eigenvalue weighted by atomic mass is 10.0. The van der Waals surface area contributed by atoms with Crippen molar-refractivity contribution in [2.45, 2.75) is 0 Å². The molecule has 0 aliphatic rings. The third-order valence-corrected chi connectivity index (χ3v) is 2.71. The predicted octanol–water partition coefficient (Wildman–Crippen LogP) is 2.47. The van der Waals surface area contributed by atoms with Crippen molar-refractivity contribution in [2.75, 3.05) is 0 Å². The number of nitriles is 1. The number of phenols is 2. The van der Waals surface area contributed by atoms with E-state index in [2.05, 4.69) is 4.98 Å². The molecule has 104 valence electrons. The number of hydrogen-bond acceptors (Lipinski definition) is 6. The van der Waals surface area contributed by atoms with Gasteiger partial charge in [-0.2, -0.15) is 5.26 Å². The van der Waals surface area contributed by atoms with E-state index in [0.717, 1.165) is 12.1 Å². The molecule has 1 aromatic heterocycles. The molecule has 0 spiro atoms. The molecular weight excluding hydrogens is 274 g/mol. The highest BCUT2D eigenvalue weighted by molar-refractivity contribution is 5.90. The van der Waals surface area contributed by atoms with Crippen molar-refractivity contribution in [1.82, 2.24) is 4.98 Å². The first-order valence-electron chi connectivity index (χ1n) is 5.75. The molecule has 1 heterocycles. The van der Waals surface area contributed by atoms with Crippen LogP contribution in [0.3, 0.4) is 0 Å². The van der Waals surface area contributed by atoms with Crippen LogP contribution in [0.15, 0.2) is 36.7 Å². The van der Waals surface area contributed by atoms with Crippen LogP contribution in [0.25, 0.3) is 11.6 Å². The van der Waals surface area contributed by atoms with Crippen LogP contribution in [-0.4, -0.2) is 20.1 Å². The van der Waals surface area contributed by atoms with E-state index < -0.39 is 22.1 Å². The molecule has 0 fully saturated rings.